The SMILES string of the molecule is [CH2]CCNC(=O)[C@H](OC(=O)C[C@@H](C)OC(=O)CCC)C(C)(C)COC(=O)C[C@@H](C)OC(=O)CCC. The number of carbonyl (C=O) groups excluding carboxylic acids is 5. The van der Waals surface area contributed by atoms with Gasteiger partial charge in [0.25, 0.3) is 5.91 Å². The first kappa shape index (κ1) is 32.4. The molecule has 0 aliphatic carbocycles. The van der Waals surface area contributed by atoms with Gasteiger partial charge in [-0.25, -0.2) is 0 Å². The van der Waals surface area contributed by atoms with Crippen LogP contribution in [-0.2, 0) is 42.9 Å². The summed E-state index contributed by atoms with van der Waals surface area (Å²) in [6, 6.07) is 0. The molecule has 0 rings (SSSR count). The summed E-state index contributed by atoms with van der Waals surface area (Å²) in [5.41, 5.74) is -1.08. The molecule has 201 valence electrons. The van der Waals surface area contributed by atoms with Crippen molar-refractivity contribution in [3.63, 3.8) is 0 Å². The Labute approximate surface area is 208 Å². The summed E-state index contributed by atoms with van der Waals surface area (Å²) in [7, 11) is 0. The number of carbonyl (C=O) groups is 5. The van der Waals surface area contributed by atoms with Crippen LogP contribution < -0.4 is 5.32 Å². The Morgan fingerprint density at radius 3 is 1.74 bits per heavy atom. The van der Waals surface area contributed by atoms with Crippen molar-refractivity contribution in [3.8, 4) is 0 Å². The molecule has 0 spiro atoms. The predicted molar refractivity (Wildman–Crippen MR) is 128 cm³/mol. The summed E-state index contributed by atoms with van der Waals surface area (Å²) >= 11 is 0. The van der Waals surface area contributed by atoms with Crippen LogP contribution in [0.25, 0.3) is 0 Å². The highest BCUT2D eigenvalue weighted by Gasteiger charge is 2.40. The molecular weight excluding hydrogens is 458 g/mol. The molecule has 0 aliphatic heterocycles. The lowest BCUT2D eigenvalue weighted by Gasteiger charge is -2.32. The number of amides is 1. The van der Waals surface area contributed by atoms with Crippen molar-refractivity contribution in [1.82, 2.24) is 5.32 Å². The summed E-state index contributed by atoms with van der Waals surface area (Å²) < 4.78 is 21.1. The number of hydrogen-bond donors (Lipinski definition) is 1. The number of rotatable bonds is 17. The number of ether oxygens (including phenoxy) is 4. The number of hydrogen-bond acceptors (Lipinski definition) is 9. The molecule has 0 saturated heterocycles. The van der Waals surface area contributed by atoms with Gasteiger partial charge in [0, 0.05) is 24.8 Å². The minimum atomic E-state index is -1.27. The third kappa shape index (κ3) is 14.4. The van der Waals surface area contributed by atoms with E-state index in [0.29, 0.717) is 19.3 Å². The van der Waals surface area contributed by atoms with E-state index in [9.17, 15) is 24.0 Å². The molecule has 0 fully saturated rings. The average Bonchev–Trinajstić information content (AvgIpc) is 2.74. The zero-order valence-corrected chi connectivity index (χ0v) is 22.0. The topological polar surface area (TPSA) is 134 Å². The van der Waals surface area contributed by atoms with Crippen molar-refractivity contribution in [2.24, 2.45) is 5.41 Å². The zero-order chi connectivity index (χ0) is 27.0. The third-order valence-electron chi connectivity index (χ3n) is 4.76. The van der Waals surface area contributed by atoms with Crippen LogP contribution in [0.15, 0.2) is 0 Å². The quantitative estimate of drug-likeness (QED) is 0.236. The number of nitrogens with one attached hydrogen (secondary N) is 1. The first-order chi connectivity index (χ1) is 16.4. The summed E-state index contributed by atoms with van der Waals surface area (Å²) in [4.78, 5) is 60.7. The molecule has 3 atom stereocenters. The fourth-order valence-corrected chi connectivity index (χ4v) is 2.98. The van der Waals surface area contributed by atoms with Crippen LogP contribution >= 0.6 is 0 Å². The van der Waals surface area contributed by atoms with Gasteiger partial charge in [-0.2, -0.15) is 0 Å². The van der Waals surface area contributed by atoms with Crippen LogP contribution in [0.4, 0.5) is 0 Å². The molecule has 1 N–H and O–H groups in total. The summed E-state index contributed by atoms with van der Waals surface area (Å²) in [5, 5.41) is 2.64. The fraction of sp³-hybridized carbons (Fsp3) is 0.760. The van der Waals surface area contributed by atoms with Crippen LogP contribution in [0.5, 0.6) is 0 Å². The van der Waals surface area contributed by atoms with Crippen molar-refractivity contribution in [3.05, 3.63) is 6.92 Å². The van der Waals surface area contributed by atoms with Crippen molar-refractivity contribution < 1.29 is 42.9 Å². The lowest BCUT2D eigenvalue weighted by atomic mass is 9.86. The van der Waals surface area contributed by atoms with Crippen molar-refractivity contribution in [2.75, 3.05) is 13.2 Å². The highest BCUT2D eigenvalue weighted by Crippen LogP contribution is 2.26. The van der Waals surface area contributed by atoms with Crippen LogP contribution in [-0.4, -0.2) is 61.2 Å². The lowest BCUT2D eigenvalue weighted by molar-refractivity contribution is -0.171. The van der Waals surface area contributed by atoms with Crippen molar-refractivity contribution in [1.29, 1.82) is 0 Å². The van der Waals surface area contributed by atoms with E-state index < -0.39 is 53.5 Å². The highest BCUT2D eigenvalue weighted by molar-refractivity contribution is 5.84. The van der Waals surface area contributed by atoms with E-state index in [4.69, 9.17) is 18.9 Å². The smallest absolute Gasteiger partial charge is 0.310 e. The Bertz CT molecular complexity index is 705. The molecule has 1 amide bonds. The van der Waals surface area contributed by atoms with Gasteiger partial charge in [0.2, 0.25) is 0 Å². The van der Waals surface area contributed by atoms with Gasteiger partial charge in [-0.05, 0) is 33.1 Å². The van der Waals surface area contributed by atoms with E-state index in [1.54, 1.807) is 27.7 Å². The van der Waals surface area contributed by atoms with Gasteiger partial charge in [0.15, 0.2) is 6.10 Å². The molecule has 0 aromatic carbocycles. The molecule has 0 heterocycles. The second-order valence-electron chi connectivity index (χ2n) is 9.17. The van der Waals surface area contributed by atoms with E-state index >= 15 is 0 Å². The molecule has 10 nitrogen and oxygen atoms in total. The first-order valence-corrected chi connectivity index (χ1v) is 12.2. The lowest BCUT2D eigenvalue weighted by Crippen LogP contribution is -2.49. The summed E-state index contributed by atoms with van der Waals surface area (Å²) in [6.45, 7) is 13.8. The molecule has 0 unspecified atom stereocenters. The average molecular weight is 501 g/mol. The second-order valence-corrected chi connectivity index (χ2v) is 9.17. The molecule has 1 radical (unpaired) electrons. The molecule has 10 heteroatoms. The Morgan fingerprint density at radius 1 is 0.800 bits per heavy atom. The van der Waals surface area contributed by atoms with E-state index in [2.05, 4.69) is 12.2 Å². The maximum Gasteiger partial charge on any atom is 0.310 e. The molecule has 0 saturated carbocycles. The van der Waals surface area contributed by atoms with Gasteiger partial charge in [0.05, 0.1) is 12.8 Å². The van der Waals surface area contributed by atoms with Crippen LogP contribution in [0, 0.1) is 12.3 Å². The van der Waals surface area contributed by atoms with Crippen molar-refractivity contribution >= 4 is 29.8 Å². The van der Waals surface area contributed by atoms with Crippen LogP contribution in [0.1, 0.15) is 86.5 Å². The molecule has 0 bridgehead atoms. The van der Waals surface area contributed by atoms with Crippen LogP contribution in [0.2, 0.25) is 0 Å². The highest BCUT2D eigenvalue weighted by atomic mass is 16.6. The first-order valence-electron chi connectivity index (χ1n) is 12.2. The van der Waals surface area contributed by atoms with E-state index in [0.717, 1.165) is 0 Å². The van der Waals surface area contributed by atoms with Gasteiger partial charge in [-0.1, -0.05) is 34.6 Å². The Hall–Kier alpha value is -2.65. The Morgan fingerprint density at radius 2 is 1.29 bits per heavy atom. The summed E-state index contributed by atoms with van der Waals surface area (Å²) in [5.74, 6) is -2.71. The zero-order valence-electron chi connectivity index (χ0n) is 22.0. The Kier molecular flexibility index (Phi) is 15.6. The van der Waals surface area contributed by atoms with Gasteiger partial charge in [-0.3, -0.25) is 24.0 Å². The molecular formula is C25H42NO9. The fourth-order valence-electron chi connectivity index (χ4n) is 2.98. The van der Waals surface area contributed by atoms with E-state index in [1.807, 2.05) is 13.8 Å². The van der Waals surface area contributed by atoms with Crippen molar-refractivity contribution in [2.45, 2.75) is 105 Å². The monoisotopic (exact) mass is 500 g/mol. The van der Waals surface area contributed by atoms with Gasteiger partial charge < -0.3 is 24.3 Å². The normalized spacial score (nSPS) is 13.7. The standard InChI is InChI=1S/C25H42NO9/c1-8-11-19(27)33-17(4)14-21(29)32-16-25(6,7)23(24(31)26-13-10-3)35-22(30)15-18(5)34-20(28)12-9-2/h17-18,23H,3,8-16H2,1-2,4-7H3,(H,26,31)/t17-,18-,23+/m1/s1. The van der Waals surface area contributed by atoms with Gasteiger partial charge >= 0.3 is 23.9 Å². The van der Waals surface area contributed by atoms with E-state index in [1.165, 1.54) is 0 Å². The Balaban J connectivity index is 5.10. The second kappa shape index (κ2) is 16.9. The molecule has 0 aromatic heterocycles. The maximum atomic E-state index is 12.7. The van der Waals surface area contributed by atoms with Gasteiger partial charge in [-0.15, -0.1) is 0 Å². The van der Waals surface area contributed by atoms with Gasteiger partial charge in [0.1, 0.15) is 18.8 Å². The molecule has 35 heavy (non-hydrogen) atoms. The largest absolute Gasteiger partial charge is 0.465 e. The summed E-state index contributed by atoms with van der Waals surface area (Å²) in [6.07, 6.45) is -0.831. The minimum Gasteiger partial charge on any atom is -0.465 e. The minimum absolute atomic E-state index is 0.148. The van der Waals surface area contributed by atoms with Crippen LogP contribution in [0.3, 0.4) is 0 Å². The van der Waals surface area contributed by atoms with E-state index in [-0.39, 0.29) is 38.8 Å². The molecule has 0 aliphatic rings. The maximum absolute atomic E-state index is 12.7. The third-order valence-corrected chi connectivity index (χ3v) is 4.76. The predicted octanol–water partition coefficient (Wildman–Crippen LogP) is 3.05. The molecule has 0 aromatic rings. The number of esters is 4.